The van der Waals surface area contributed by atoms with Crippen LogP contribution in [0.25, 0.3) is 0 Å². The SMILES string of the molecule is CCNC1COCC1c1ccn(C)n1. The number of nitrogens with one attached hydrogen (secondary N) is 1. The molecule has 0 saturated carbocycles. The van der Waals surface area contributed by atoms with Crippen LogP contribution in [-0.4, -0.2) is 35.6 Å². The lowest BCUT2D eigenvalue weighted by Gasteiger charge is -2.15. The zero-order valence-electron chi connectivity index (χ0n) is 8.73. The maximum absolute atomic E-state index is 5.47. The molecular weight excluding hydrogens is 178 g/mol. The Labute approximate surface area is 84.3 Å². The predicted octanol–water partition coefficient (Wildman–Crippen LogP) is 0.512. The molecule has 0 radical (unpaired) electrons. The van der Waals surface area contributed by atoms with Gasteiger partial charge in [0.1, 0.15) is 0 Å². The first kappa shape index (κ1) is 9.68. The van der Waals surface area contributed by atoms with Gasteiger partial charge in [0, 0.05) is 25.2 Å². The topological polar surface area (TPSA) is 39.1 Å². The molecule has 1 saturated heterocycles. The van der Waals surface area contributed by atoms with Crippen molar-refractivity contribution in [3.63, 3.8) is 0 Å². The minimum atomic E-state index is 0.413. The third-order valence-electron chi connectivity index (χ3n) is 2.66. The summed E-state index contributed by atoms with van der Waals surface area (Å²) in [6.45, 7) is 4.69. The summed E-state index contributed by atoms with van der Waals surface area (Å²) in [4.78, 5) is 0. The van der Waals surface area contributed by atoms with E-state index in [1.165, 1.54) is 0 Å². The van der Waals surface area contributed by atoms with Gasteiger partial charge in [0.2, 0.25) is 0 Å². The van der Waals surface area contributed by atoms with Crippen molar-refractivity contribution in [2.24, 2.45) is 7.05 Å². The number of rotatable bonds is 3. The molecule has 0 spiro atoms. The Hall–Kier alpha value is -0.870. The first-order valence-corrected chi connectivity index (χ1v) is 5.12. The van der Waals surface area contributed by atoms with Crippen molar-refractivity contribution in [1.29, 1.82) is 0 Å². The van der Waals surface area contributed by atoms with E-state index in [1.807, 2.05) is 17.9 Å². The van der Waals surface area contributed by atoms with Gasteiger partial charge in [-0.15, -0.1) is 0 Å². The van der Waals surface area contributed by atoms with Crippen LogP contribution in [0.4, 0.5) is 0 Å². The van der Waals surface area contributed by atoms with E-state index in [0.717, 1.165) is 25.5 Å². The quantitative estimate of drug-likeness (QED) is 0.764. The summed E-state index contributed by atoms with van der Waals surface area (Å²) in [6, 6.07) is 2.50. The first-order valence-electron chi connectivity index (χ1n) is 5.12. The zero-order chi connectivity index (χ0) is 9.97. The molecule has 1 aromatic rings. The molecular formula is C10H17N3O. The first-order chi connectivity index (χ1) is 6.81. The molecule has 78 valence electrons. The summed E-state index contributed by atoms with van der Waals surface area (Å²) in [7, 11) is 1.95. The molecule has 0 bridgehead atoms. The van der Waals surface area contributed by atoms with Crippen molar-refractivity contribution in [2.45, 2.75) is 18.9 Å². The summed E-state index contributed by atoms with van der Waals surface area (Å²) < 4.78 is 7.32. The highest BCUT2D eigenvalue weighted by Gasteiger charge is 2.30. The molecule has 2 atom stereocenters. The van der Waals surface area contributed by atoms with Crippen molar-refractivity contribution in [1.82, 2.24) is 15.1 Å². The summed E-state index contributed by atoms with van der Waals surface area (Å²) in [5.74, 6) is 0.413. The van der Waals surface area contributed by atoms with Gasteiger partial charge in [-0.05, 0) is 12.6 Å². The third kappa shape index (κ3) is 1.81. The standard InChI is InChI=1S/C10H17N3O/c1-3-11-10-7-14-6-8(10)9-4-5-13(2)12-9/h4-5,8,10-11H,3,6-7H2,1-2H3. The number of likely N-dealkylation sites (N-methyl/N-ethyl adjacent to an activating group) is 1. The number of hydrogen-bond acceptors (Lipinski definition) is 3. The predicted molar refractivity (Wildman–Crippen MR) is 54.2 cm³/mol. The lowest BCUT2D eigenvalue weighted by atomic mass is 10.0. The van der Waals surface area contributed by atoms with Crippen LogP contribution in [0.5, 0.6) is 0 Å². The van der Waals surface area contributed by atoms with Crippen LogP contribution in [0.15, 0.2) is 12.3 Å². The fourth-order valence-corrected chi connectivity index (χ4v) is 1.94. The smallest absolute Gasteiger partial charge is 0.0694 e. The lowest BCUT2D eigenvalue weighted by molar-refractivity contribution is 0.187. The van der Waals surface area contributed by atoms with E-state index in [9.17, 15) is 0 Å². The molecule has 14 heavy (non-hydrogen) atoms. The zero-order valence-corrected chi connectivity index (χ0v) is 8.73. The average Bonchev–Trinajstić information content (AvgIpc) is 2.74. The van der Waals surface area contributed by atoms with Crippen molar-refractivity contribution in [3.05, 3.63) is 18.0 Å². The van der Waals surface area contributed by atoms with Gasteiger partial charge >= 0.3 is 0 Å². The maximum atomic E-state index is 5.47. The van der Waals surface area contributed by atoms with Gasteiger partial charge in [-0.25, -0.2) is 0 Å². The second-order valence-electron chi connectivity index (χ2n) is 3.72. The van der Waals surface area contributed by atoms with Crippen LogP contribution < -0.4 is 5.32 Å². The lowest BCUT2D eigenvalue weighted by Crippen LogP contribution is -2.34. The summed E-state index contributed by atoms with van der Waals surface area (Å²) in [6.07, 6.45) is 1.98. The Balaban J connectivity index is 2.09. The number of hydrogen-bond donors (Lipinski definition) is 1. The molecule has 2 heterocycles. The van der Waals surface area contributed by atoms with E-state index in [-0.39, 0.29) is 0 Å². The number of aromatic nitrogens is 2. The maximum Gasteiger partial charge on any atom is 0.0694 e. The molecule has 1 N–H and O–H groups in total. The Morgan fingerprint density at radius 2 is 2.50 bits per heavy atom. The van der Waals surface area contributed by atoms with Gasteiger partial charge < -0.3 is 10.1 Å². The van der Waals surface area contributed by atoms with Crippen LogP contribution in [0.3, 0.4) is 0 Å². The second kappa shape index (κ2) is 4.11. The van der Waals surface area contributed by atoms with E-state index < -0.39 is 0 Å². The van der Waals surface area contributed by atoms with Gasteiger partial charge in [-0.2, -0.15) is 5.10 Å². The van der Waals surface area contributed by atoms with E-state index in [4.69, 9.17) is 4.74 Å². The molecule has 1 fully saturated rings. The Morgan fingerprint density at radius 3 is 3.14 bits per heavy atom. The molecule has 2 unspecified atom stereocenters. The van der Waals surface area contributed by atoms with Gasteiger partial charge in [-0.3, -0.25) is 4.68 Å². The van der Waals surface area contributed by atoms with Crippen molar-refractivity contribution in [3.8, 4) is 0 Å². The Bertz CT molecular complexity index is 297. The largest absolute Gasteiger partial charge is 0.379 e. The fourth-order valence-electron chi connectivity index (χ4n) is 1.94. The van der Waals surface area contributed by atoms with Gasteiger partial charge in [-0.1, -0.05) is 6.92 Å². The molecule has 0 aromatic carbocycles. The van der Waals surface area contributed by atoms with E-state index in [0.29, 0.717) is 12.0 Å². The number of ether oxygens (including phenoxy) is 1. The molecule has 0 amide bonds. The van der Waals surface area contributed by atoms with Crippen molar-refractivity contribution in [2.75, 3.05) is 19.8 Å². The summed E-state index contributed by atoms with van der Waals surface area (Å²) in [5.41, 5.74) is 1.14. The number of aryl methyl sites for hydroxylation is 1. The molecule has 1 aliphatic rings. The molecule has 4 nitrogen and oxygen atoms in total. The summed E-state index contributed by atoms with van der Waals surface area (Å²) >= 11 is 0. The van der Waals surface area contributed by atoms with Crippen LogP contribution in [0.1, 0.15) is 18.5 Å². The molecule has 4 heteroatoms. The van der Waals surface area contributed by atoms with Crippen LogP contribution in [0.2, 0.25) is 0 Å². The molecule has 0 aliphatic carbocycles. The van der Waals surface area contributed by atoms with E-state index in [2.05, 4.69) is 23.4 Å². The molecule has 1 aromatic heterocycles. The fraction of sp³-hybridized carbons (Fsp3) is 0.700. The van der Waals surface area contributed by atoms with E-state index >= 15 is 0 Å². The molecule has 2 rings (SSSR count). The minimum Gasteiger partial charge on any atom is -0.379 e. The molecule has 1 aliphatic heterocycles. The second-order valence-corrected chi connectivity index (χ2v) is 3.72. The monoisotopic (exact) mass is 195 g/mol. The highest BCUT2D eigenvalue weighted by Crippen LogP contribution is 2.23. The van der Waals surface area contributed by atoms with E-state index in [1.54, 1.807) is 0 Å². The highest BCUT2D eigenvalue weighted by molar-refractivity contribution is 5.11. The van der Waals surface area contributed by atoms with Gasteiger partial charge in [0.05, 0.1) is 18.9 Å². The van der Waals surface area contributed by atoms with Crippen molar-refractivity contribution < 1.29 is 4.74 Å². The van der Waals surface area contributed by atoms with Crippen LogP contribution in [-0.2, 0) is 11.8 Å². The van der Waals surface area contributed by atoms with Crippen molar-refractivity contribution >= 4 is 0 Å². The van der Waals surface area contributed by atoms with Gasteiger partial charge in [0.15, 0.2) is 0 Å². The number of nitrogens with zero attached hydrogens (tertiary/aromatic N) is 2. The third-order valence-corrected chi connectivity index (χ3v) is 2.66. The normalized spacial score (nSPS) is 27.0. The highest BCUT2D eigenvalue weighted by atomic mass is 16.5. The van der Waals surface area contributed by atoms with Gasteiger partial charge in [0.25, 0.3) is 0 Å². The Kier molecular flexibility index (Phi) is 2.84. The van der Waals surface area contributed by atoms with Crippen LogP contribution >= 0.6 is 0 Å². The Morgan fingerprint density at radius 1 is 1.64 bits per heavy atom. The summed E-state index contributed by atoms with van der Waals surface area (Å²) in [5, 5.41) is 7.85. The van der Waals surface area contributed by atoms with Crippen LogP contribution in [0, 0.1) is 0 Å². The minimum absolute atomic E-state index is 0.413. The average molecular weight is 195 g/mol.